The van der Waals surface area contributed by atoms with E-state index >= 15 is 8.78 Å². The van der Waals surface area contributed by atoms with Gasteiger partial charge in [-0.3, -0.25) is 14.2 Å². The number of halogens is 5. The van der Waals surface area contributed by atoms with Gasteiger partial charge in [-0.05, 0) is 44.4 Å². The lowest BCUT2D eigenvalue weighted by atomic mass is 9.90. The molecular formula is C29H32F5N3O. The van der Waals surface area contributed by atoms with Crippen molar-refractivity contribution in [2.24, 2.45) is 0 Å². The van der Waals surface area contributed by atoms with E-state index in [9.17, 15) is 13.2 Å². The quantitative estimate of drug-likeness (QED) is 0.287. The average Bonchev–Trinajstić information content (AvgIpc) is 3.21. The van der Waals surface area contributed by atoms with Crippen molar-refractivity contribution in [2.45, 2.75) is 44.5 Å². The first-order valence-corrected chi connectivity index (χ1v) is 12.6. The predicted molar refractivity (Wildman–Crippen MR) is 138 cm³/mol. The molecule has 0 saturated carbocycles. The van der Waals surface area contributed by atoms with Crippen LogP contribution in [0.5, 0.6) is 5.75 Å². The van der Waals surface area contributed by atoms with E-state index in [1.165, 1.54) is 19.9 Å². The van der Waals surface area contributed by atoms with Crippen LogP contribution in [0.25, 0.3) is 10.9 Å². The lowest BCUT2D eigenvalue weighted by Gasteiger charge is -2.39. The van der Waals surface area contributed by atoms with Crippen molar-refractivity contribution in [3.63, 3.8) is 0 Å². The van der Waals surface area contributed by atoms with E-state index < -0.39 is 29.2 Å². The Morgan fingerprint density at radius 2 is 1.76 bits per heavy atom. The number of alkyl halides is 2. The number of ether oxygens (including phenoxy) is 1. The molecule has 3 aromatic rings. The van der Waals surface area contributed by atoms with Crippen LogP contribution in [0.1, 0.15) is 43.1 Å². The van der Waals surface area contributed by atoms with Crippen LogP contribution in [0.2, 0.25) is 0 Å². The Morgan fingerprint density at radius 1 is 1.08 bits per heavy atom. The van der Waals surface area contributed by atoms with Gasteiger partial charge in [0.15, 0.2) is 0 Å². The maximum Gasteiger partial charge on any atom is 0.135 e. The first-order valence-electron chi connectivity index (χ1n) is 12.6. The molecule has 1 N–H and O–H groups in total. The lowest BCUT2D eigenvalue weighted by Crippen LogP contribution is -2.53. The summed E-state index contributed by atoms with van der Waals surface area (Å²) in [7, 11) is 0. The van der Waals surface area contributed by atoms with Gasteiger partial charge in [0, 0.05) is 67.0 Å². The third kappa shape index (κ3) is 5.67. The summed E-state index contributed by atoms with van der Waals surface area (Å²) in [5, 5.41) is 0.403. The van der Waals surface area contributed by atoms with Crippen molar-refractivity contribution in [3.05, 3.63) is 64.6 Å². The van der Waals surface area contributed by atoms with E-state index in [2.05, 4.69) is 17.8 Å². The van der Waals surface area contributed by atoms with Crippen molar-refractivity contribution in [2.75, 3.05) is 39.4 Å². The van der Waals surface area contributed by atoms with Crippen LogP contribution in [-0.2, 0) is 6.42 Å². The Morgan fingerprint density at radius 3 is 2.39 bits per heavy atom. The third-order valence-electron chi connectivity index (χ3n) is 6.94. The van der Waals surface area contributed by atoms with Gasteiger partial charge in [0.05, 0.1) is 12.7 Å². The summed E-state index contributed by atoms with van der Waals surface area (Å²) in [6.07, 6.45) is 8.64. The fourth-order valence-electron chi connectivity index (χ4n) is 5.48. The molecule has 1 atom stereocenters. The van der Waals surface area contributed by atoms with Gasteiger partial charge in [-0.15, -0.1) is 12.8 Å². The van der Waals surface area contributed by atoms with E-state index in [1.54, 1.807) is 17.0 Å². The van der Waals surface area contributed by atoms with Crippen LogP contribution in [0.15, 0.2) is 30.3 Å². The maximum absolute atomic E-state index is 15.6. The van der Waals surface area contributed by atoms with Crippen LogP contribution in [-0.4, -0.2) is 66.0 Å². The number of fused-ring (bicyclic) bond motifs is 3. The minimum Gasteiger partial charge on any atom is -0.488 e. The molecule has 2 aromatic carbocycles. The first-order chi connectivity index (χ1) is 18.1. The number of nitrogens with one attached hydrogen (secondary N) is 1. The highest BCUT2D eigenvalue weighted by atomic mass is 19.2. The molecule has 1 aromatic heterocycles. The molecule has 38 heavy (non-hydrogen) atoms. The highest BCUT2D eigenvalue weighted by Crippen LogP contribution is 2.42. The molecule has 0 bridgehead atoms. The summed E-state index contributed by atoms with van der Waals surface area (Å²) in [5.41, 5.74) is -0.170. The van der Waals surface area contributed by atoms with Gasteiger partial charge in [-0.25, -0.2) is 17.6 Å². The molecule has 0 amide bonds. The van der Waals surface area contributed by atoms with Crippen molar-refractivity contribution in [1.82, 2.24) is 14.8 Å². The normalized spacial score (nSPS) is 18.5. The van der Waals surface area contributed by atoms with E-state index in [4.69, 9.17) is 4.74 Å². The molecule has 2 aliphatic rings. The number of aromatic nitrogens is 1. The molecule has 1 saturated heterocycles. The molecule has 0 radical (unpaired) electrons. The zero-order chi connectivity index (χ0) is 27.6. The van der Waals surface area contributed by atoms with E-state index in [0.29, 0.717) is 61.2 Å². The summed E-state index contributed by atoms with van der Waals surface area (Å²) in [6, 6.07) is 6.00. The molecule has 0 aliphatic carbocycles. The van der Waals surface area contributed by atoms with Crippen LogP contribution < -0.4 is 4.74 Å². The zero-order valence-electron chi connectivity index (χ0n) is 21.5. The summed E-state index contributed by atoms with van der Waals surface area (Å²) in [5.74, 6) is -1.96. The summed E-state index contributed by atoms with van der Waals surface area (Å²) >= 11 is 0. The number of benzene rings is 2. The van der Waals surface area contributed by atoms with E-state index in [0.717, 1.165) is 12.1 Å². The molecule has 5 rings (SSSR count). The summed E-state index contributed by atoms with van der Waals surface area (Å²) in [4.78, 5) is 6.88. The average molecular weight is 534 g/mol. The largest absolute Gasteiger partial charge is 0.488 e. The number of terminal acetylenes is 1. The standard InChI is InChI=1S/C27H30F5N3O.C2H2/c1-27(2,32)15-35-10-7-18-23-19(29)5-3-6-22(23)33-25(18)26(35)24-20(30)11-16(12-21(24)31)36-17-13-34(14-17)9-4-8-28;1-2/h3,5-6,11-12,17,26,33H,4,7-10,13-15H2,1-2H3;1-2H/t26-;/m0./s1. The van der Waals surface area contributed by atoms with E-state index in [1.807, 2.05) is 4.90 Å². The molecule has 4 nitrogen and oxygen atoms in total. The number of nitrogens with zero attached hydrogens (tertiary/aromatic N) is 2. The fraction of sp³-hybridized carbons (Fsp3) is 0.448. The minimum atomic E-state index is -1.61. The first kappa shape index (κ1) is 27.9. The van der Waals surface area contributed by atoms with Crippen molar-refractivity contribution < 1.29 is 26.7 Å². The lowest BCUT2D eigenvalue weighted by molar-refractivity contribution is 0.0180. The summed E-state index contributed by atoms with van der Waals surface area (Å²) in [6.45, 7) is 4.47. The number of H-pyrrole nitrogens is 1. The molecular weight excluding hydrogens is 501 g/mol. The second-order valence-electron chi connectivity index (χ2n) is 10.4. The smallest absolute Gasteiger partial charge is 0.135 e. The van der Waals surface area contributed by atoms with Gasteiger partial charge < -0.3 is 9.72 Å². The van der Waals surface area contributed by atoms with Crippen molar-refractivity contribution in [1.29, 1.82) is 0 Å². The monoisotopic (exact) mass is 533 g/mol. The highest BCUT2D eigenvalue weighted by molar-refractivity contribution is 5.86. The van der Waals surface area contributed by atoms with Gasteiger partial charge in [0.2, 0.25) is 0 Å². The molecule has 0 spiro atoms. The van der Waals surface area contributed by atoms with Crippen molar-refractivity contribution in [3.8, 4) is 18.6 Å². The van der Waals surface area contributed by atoms with Gasteiger partial charge >= 0.3 is 0 Å². The maximum atomic E-state index is 15.6. The van der Waals surface area contributed by atoms with Crippen LogP contribution >= 0.6 is 0 Å². The molecule has 3 heterocycles. The Bertz CT molecular complexity index is 1270. The molecule has 1 fully saturated rings. The van der Waals surface area contributed by atoms with Crippen LogP contribution in [0, 0.1) is 30.3 Å². The Balaban J connectivity index is 0.00000164. The number of hydrogen-bond acceptors (Lipinski definition) is 3. The van der Waals surface area contributed by atoms with Gasteiger partial charge in [0.25, 0.3) is 0 Å². The third-order valence-corrected chi connectivity index (χ3v) is 6.94. The molecule has 204 valence electrons. The van der Waals surface area contributed by atoms with Gasteiger partial charge in [0.1, 0.15) is 35.0 Å². The predicted octanol–water partition coefficient (Wildman–Crippen LogP) is 5.95. The fourth-order valence-corrected chi connectivity index (χ4v) is 5.48. The summed E-state index contributed by atoms with van der Waals surface area (Å²) < 4.78 is 78.7. The van der Waals surface area contributed by atoms with Gasteiger partial charge in [-0.1, -0.05) is 6.07 Å². The van der Waals surface area contributed by atoms with Crippen LogP contribution in [0.4, 0.5) is 22.0 Å². The highest BCUT2D eigenvalue weighted by Gasteiger charge is 2.38. The topological polar surface area (TPSA) is 31.5 Å². The Labute approximate surface area is 219 Å². The second kappa shape index (κ2) is 11.3. The Hall–Kier alpha value is -3.09. The second-order valence-corrected chi connectivity index (χ2v) is 10.4. The SMILES string of the molecule is C#C.CC(C)(F)CN1CCc2c([nH]c3cccc(F)c23)[C@@H]1c1c(F)cc(OC2CN(CCCF)C2)cc1F. The van der Waals surface area contributed by atoms with Crippen molar-refractivity contribution >= 4 is 10.9 Å². The number of likely N-dealkylation sites (tertiary alicyclic amines) is 1. The number of aromatic amines is 1. The van der Waals surface area contributed by atoms with E-state index in [-0.39, 0.29) is 30.6 Å². The number of hydrogen-bond donors (Lipinski definition) is 1. The number of rotatable bonds is 8. The van der Waals surface area contributed by atoms with Gasteiger partial charge in [-0.2, -0.15) is 0 Å². The molecule has 0 unspecified atom stereocenters. The Kier molecular flexibility index (Phi) is 8.34. The molecule has 2 aliphatic heterocycles. The minimum absolute atomic E-state index is 0.0527. The molecule has 9 heteroatoms. The zero-order valence-corrected chi connectivity index (χ0v) is 21.5. The van der Waals surface area contributed by atoms with Crippen LogP contribution in [0.3, 0.4) is 0 Å².